The first-order valence-electron chi connectivity index (χ1n) is 5.72. The smallest absolute Gasteiger partial charge is 0.489 e. The number of halogens is 4. The molecule has 0 spiro atoms. The van der Waals surface area contributed by atoms with Crippen LogP contribution in [0, 0.1) is 0 Å². The fourth-order valence-electron chi connectivity index (χ4n) is 1.51. The Morgan fingerprint density at radius 3 is 2.62 bits per heavy atom. The zero-order valence-electron chi connectivity index (χ0n) is 10.5. The summed E-state index contributed by atoms with van der Waals surface area (Å²) < 4.78 is 45.8. The SMILES string of the molecule is Nc1ncccc1COc1ccc(OC(F)(F)F)c(Br)c1. The van der Waals surface area contributed by atoms with Crippen LogP contribution in [0.25, 0.3) is 0 Å². The van der Waals surface area contributed by atoms with E-state index >= 15 is 0 Å². The van der Waals surface area contributed by atoms with Crippen molar-refractivity contribution in [2.45, 2.75) is 13.0 Å². The topological polar surface area (TPSA) is 57.4 Å². The molecule has 0 saturated heterocycles. The molecular formula is C13H10BrF3N2O2. The molecule has 0 bridgehead atoms. The van der Waals surface area contributed by atoms with E-state index in [2.05, 4.69) is 25.7 Å². The lowest BCUT2D eigenvalue weighted by atomic mass is 10.2. The summed E-state index contributed by atoms with van der Waals surface area (Å²) in [6.07, 6.45) is -3.19. The Hall–Kier alpha value is -1.96. The maximum Gasteiger partial charge on any atom is 0.573 e. The number of rotatable bonds is 4. The molecule has 4 nitrogen and oxygen atoms in total. The molecule has 0 aliphatic carbocycles. The van der Waals surface area contributed by atoms with Crippen LogP contribution in [0.4, 0.5) is 19.0 Å². The quantitative estimate of drug-likeness (QED) is 0.895. The van der Waals surface area contributed by atoms with Crippen molar-refractivity contribution in [3.63, 3.8) is 0 Å². The molecule has 2 aromatic rings. The molecule has 1 aromatic heterocycles. The van der Waals surface area contributed by atoms with Crippen LogP contribution in [-0.2, 0) is 6.61 Å². The van der Waals surface area contributed by atoms with Crippen LogP contribution in [-0.4, -0.2) is 11.3 Å². The van der Waals surface area contributed by atoms with E-state index < -0.39 is 6.36 Å². The van der Waals surface area contributed by atoms with Crippen LogP contribution in [0.2, 0.25) is 0 Å². The van der Waals surface area contributed by atoms with Crippen molar-refractivity contribution in [3.05, 3.63) is 46.6 Å². The first-order valence-corrected chi connectivity index (χ1v) is 6.52. The van der Waals surface area contributed by atoms with E-state index in [1.807, 2.05) is 0 Å². The second-order valence-corrected chi connectivity index (χ2v) is 4.83. The number of hydrogen-bond donors (Lipinski definition) is 1. The Bertz CT molecular complexity index is 635. The van der Waals surface area contributed by atoms with Gasteiger partial charge in [0.1, 0.15) is 23.9 Å². The van der Waals surface area contributed by atoms with Gasteiger partial charge < -0.3 is 15.2 Å². The van der Waals surface area contributed by atoms with E-state index in [1.54, 1.807) is 18.3 Å². The molecule has 0 atom stereocenters. The van der Waals surface area contributed by atoms with Crippen molar-refractivity contribution in [3.8, 4) is 11.5 Å². The van der Waals surface area contributed by atoms with Crippen LogP contribution in [0.15, 0.2) is 41.0 Å². The number of ether oxygens (including phenoxy) is 2. The highest BCUT2D eigenvalue weighted by Gasteiger charge is 2.31. The molecule has 0 amide bonds. The molecule has 1 aromatic carbocycles. The molecule has 0 unspecified atom stereocenters. The van der Waals surface area contributed by atoms with Gasteiger partial charge in [-0.05, 0) is 40.2 Å². The fourth-order valence-corrected chi connectivity index (χ4v) is 1.95. The van der Waals surface area contributed by atoms with Gasteiger partial charge in [-0.1, -0.05) is 6.07 Å². The number of pyridine rings is 1. The van der Waals surface area contributed by atoms with E-state index in [-0.39, 0.29) is 16.8 Å². The normalized spacial score (nSPS) is 11.2. The highest BCUT2D eigenvalue weighted by Crippen LogP contribution is 2.33. The zero-order valence-corrected chi connectivity index (χ0v) is 12.1. The highest BCUT2D eigenvalue weighted by molar-refractivity contribution is 9.10. The number of nitrogens with zero attached hydrogens (tertiary/aromatic N) is 1. The van der Waals surface area contributed by atoms with E-state index in [0.717, 1.165) is 0 Å². The van der Waals surface area contributed by atoms with Crippen molar-refractivity contribution in [1.29, 1.82) is 0 Å². The number of alkyl halides is 3. The number of hydrogen-bond acceptors (Lipinski definition) is 4. The third-order valence-corrected chi connectivity index (χ3v) is 3.07. The van der Waals surface area contributed by atoms with Crippen LogP contribution in [0.5, 0.6) is 11.5 Å². The van der Waals surface area contributed by atoms with Crippen molar-refractivity contribution in [1.82, 2.24) is 4.98 Å². The monoisotopic (exact) mass is 362 g/mol. The van der Waals surface area contributed by atoms with Crippen LogP contribution in [0.3, 0.4) is 0 Å². The van der Waals surface area contributed by atoms with E-state index in [9.17, 15) is 13.2 Å². The van der Waals surface area contributed by atoms with Crippen LogP contribution in [0.1, 0.15) is 5.56 Å². The first kappa shape index (κ1) is 15.4. The summed E-state index contributed by atoms with van der Waals surface area (Å²) >= 11 is 3.00. The van der Waals surface area contributed by atoms with Crippen LogP contribution >= 0.6 is 15.9 Å². The van der Waals surface area contributed by atoms with Gasteiger partial charge in [0.05, 0.1) is 4.47 Å². The van der Waals surface area contributed by atoms with Crippen molar-refractivity contribution in [2.24, 2.45) is 0 Å². The van der Waals surface area contributed by atoms with Gasteiger partial charge in [0.25, 0.3) is 0 Å². The minimum absolute atomic E-state index is 0.136. The molecule has 0 fully saturated rings. The summed E-state index contributed by atoms with van der Waals surface area (Å²) in [5, 5.41) is 0. The average Bonchev–Trinajstić information content (AvgIpc) is 2.39. The molecule has 21 heavy (non-hydrogen) atoms. The molecule has 8 heteroatoms. The van der Waals surface area contributed by atoms with Gasteiger partial charge >= 0.3 is 6.36 Å². The second-order valence-electron chi connectivity index (χ2n) is 3.98. The standard InChI is InChI=1S/C13H10BrF3N2O2/c14-10-6-9(3-4-11(10)21-13(15,16)17)20-7-8-2-1-5-19-12(8)18/h1-6H,7H2,(H2,18,19). The molecule has 112 valence electrons. The maximum atomic E-state index is 12.1. The Labute approximate surface area is 126 Å². The van der Waals surface area contributed by atoms with Gasteiger partial charge in [0.15, 0.2) is 0 Å². The summed E-state index contributed by atoms with van der Waals surface area (Å²) in [5.41, 5.74) is 6.35. The lowest BCUT2D eigenvalue weighted by Gasteiger charge is -2.12. The van der Waals surface area contributed by atoms with Gasteiger partial charge in [0, 0.05) is 11.8 Å². The molecule has 1 heterocycles. The Morgan fingerprint density at radius 2 is 2.00 bits per heavy atom. The molecular weight excluding hydrogens is 353 g/mol. The van der Waals surface area contributed by atoms with E-state index in [1.165, 1.54) is 18.2 Å². The Kier molecular flexibility index (Phi) is 4.56. The van der Waals surface area contributed by atoms with Gasteiger partial charge in [0.2, 0.25) is 0 Å². The Balaban J connectivity index is 2.05. The van der Waals surface area contributed by atoms with Gasteiger partial charge in [-0.25, -0.2) is 4.98 Å². The molecule has 0 aliphatic heterocycles. The van der Waals surface area contributed by atoms with E-state index in [0.29, 0.717) is 17.1 Å². The average molecular weight is 363 g/mol. The molecule has 0 radical (unpaired) electrons. The number of benzene rings is 1. The third kappa shape index (κ3) is 4.52. The predicted molar refractivity (Wildman–Crippen MR) is 73.8 cm³/mol. The number of anilines is 1. The number of aromatic nitrogens is 1. The van der Waals surface area contributed by atoms with Crippen LogP contribution < -0.4 is 15.2 Å². The van der Waals surface area contributed by atoms with Gasteiger partial charge in [-0.15, -0.1) is 13.2 Å². The largest absolute Gasteiger partial charge is 0.573 e. The maximum absolute atomic E-state index is 12.1. The number of nitrogens with two attached hydrogens (primary N) is 1. The molecule has 2 N–H and O–H groups in total. The summed E-state index contributed by atoms with van der Waals surface area (Å²) in [7, 11) is 0. The van der Waals surface area contributed by atoms with Gasteiger partial charge in [-0.3, -0.25) is 0 Å². The number of nitrogen functional groups attached to an aromatic ring is 1. The lowest BCUT2D eigenvalue weighted by molar-refractivity contribution is -0.274. The minimum atomic E-state index is -4.74. The fraction of sp³-hybridized carbons (Fsp3) is 0.154. The first-order chi connectivity index (χ1) is 9.85. The van der Waals surface area contributed by atoms with Crippen molar-refractivity contribution < 1.29 is 22.6 Å². The lowest BCUT2D eigenvalue weighted by Crippen LogP contribution is -2.17. The summed E-state index contributed by atoms with van der Waals surface area (Å²) in [5.74, 6) is 0.379. The Morgan fingerprint density at radius 1 is 1.24 bits per heavy atom. The molecule has 2 rings (SSSR count). The second kappa shape index (κ2) is 6.21. The third-order valence-electron chi connectivity index (χ3n) is 2.45. The van der Waals surface area contributed by atoms with E-state index in [4.69, 9.17) is 10.5 Å². The summed E-state index contributed by atoms with van der Waals surface area (Å²) in [6, 6.07) is 7.38. The summed E-state index contributed by atoms with van der Waals surface area (Å²) in [4.78, 5) is 3.91. The highest BCUT2D eigenvalue weighted by atomic mass is 79.9. The van der Waals surface area contributed by atoms with Crippen molar-refractivity contribution >= 4 is 21.7 Å². The minimum Gasteiger partial charge on any atom is -0.489 e. The van der Waals surface area contributed by atoms with Gasteiger partial charge in [-0.2, -0.15) is 0 Å². The summed E-state index contributed by atoms with van der Waals surface area (Å²) in [6.45, 7) is 0.158. The molecule has 0 aliphatic rings. The van der Waals surface area contributed by atoms with Crippen molar-refractivity contribution in [2.75, 3.05) is 5.73 Å². The predicted octanol–water partition coefficient (Wildman–Crippen LogP) is 3.90. The molecule has 0 saturated carbocycles. The zero-order chi connectivity index (χ0) is 15.5.